The third-order valence-corrected chi connectivity index (χ3v) is 5.04. The molecular weight excluding hydrogens is 491 g/mol. The SMILES string of the molecule is CN=C(NCCc1c(C)noc1C)N(C)Cc1ccc(Br)s1.I. The summed E-state index contributed by atoms with van der Waals surface area (Å²) < 4.78 is 6.34. The molecule has 1 N–H and O–H groups in total. The number of guanidine groups is 1. The summed E-state index contributed by atoms with van der Waals surface area (Å²) in [6, 6.07) is 4.20. The maximum absolute atomic E-state index is 5.19. The Morgan fingerprint density at radius 3 is 2.70 bits per heavy atom. The quantitative estimate of drug-likeness (QED) is 0.374. The van der Waals surface area contributed by atoms with Crippen LogP contribution in [0.25, 0.3) is 0 Å². The van der Waals surface area contributed by atoms with E-state index in [1.54, 1.807) is 18.4 Å². The van der Waals surface area contributed by atoms with Crippen LogP contribution in [-0.2, 0) is 13.0 Å². The van der Waals surface area contributed by atoms with Gasteiger partial charge in [-0.2, -0.15) is 0 Å². The van der Waals surface area contributed by atoms with Crippen LogP contribution >= 0.6 is 51.2 Å². The van der Waals surface area contributed by atoms with Crippen LogP contribution < -0.4 is 5.32 Å². The van der Waals surface area contributed by atoms with E-state index in [0.29, 0.717) is 0 Å². The zero-order chi connectivity index (χ0) is 16.1. The first kappa shape index (κ1) is 20.4. The molecule has 0 bridgehead atoms. The lowest BCUT2D eigenvalue weighted by Crippen LogP contribution is -2.39. The van der Waals surface area contributed by atoms with Gasteiger partial charge in [-0.1, -0.05) is 5.16 Å². The average molecular weight is 513 g/mol. The van der Waals surface area contributed by atoms with E-state index < -0.39 is 0 Å². The van der Waals surface area contributed by atoms with Crippen LogP contribution in [0.1, 0.15) is 21.9 Å². The summed E-state index contributed by atoms with van der Waals surface area (Å²) in [5.41, 5.74) is 2.14. The third-order valence-electron chi connectivity index (χ3n) is 3.43. The van der Waals surface area contributed by atoms with Crippen molar-refractivity contribution < 1.29 is 4.52 Å². The van der Waals surface area contributed by atoms with E-state index in [4.69, 9.17) is 4.52 Å². The second kappa shape index (κ2) is 9.63. The van der Waals surface area contributed by atoms with E-state index >= 15 is 0 Å². The number of halogens is 2. The van der Waals surface area contributed by atoms with Crippen LogP contribution in [0.15, 0.2) is 25.4 Å². The molecule has 128 valence electrons. The minimum absolute atomic E-state index is 0. The standard InChI is InChI=1S/C15H21BrN4OS.HI/c1-10-13(11(2)21-19-10)7-8-18-15(17-3)20(4)9-12-5-6-14(16)22-12;/h5-6H,7-9H2,1-4H3,(H,17,18);1H. The van der Waals surface area contributed by atoms with Crippen molar-refractivity contribution in [1.82, 2.24) is 15.4 Å². The van der Waals surface area contributed by atoms with Crippen molar-refractivity contribution >= 4 is 57.2 Å². The Labute approximate surface area is 166 Å². The van der Waals surface area contributed by atoms with Gasteiger partial charge in [0.1, 0.15) is 5.76 Å². The Morgan fingerprint density at radius 1 is 1.43 bits per heavy atom. The predicted octanol–water partition coefficient (Wildman–Crippen LogP) is 3.98. The molecule has 0 saturated heterocycles. The van der Waals surface area contributed by atoms with Crippen LogP contribution in [0.2, 0.25) is 0 Å². The van der Waals surface area contributed by atoms with E-state index in [1.807, 2.05) is 20.9 Å². The van der Waals surface area contributed by atoms with Gasteiger partial charge in [-0.05, 0) is 48.3 Å². The Kier molecular flexibility index (Phi) is 8.56. The molecule has 0 atom stereocenters. The summed E-state index contributed by atoms with van der Waals surface area (Å²) in [4.78, 5) is 7.75. The molecule has 0 unspecified atom stereocenters. The van der Waals surface area contributed by atoms with Crippen molar-refractivity contribution in [2.75, 3.05) is 20.6 Å². The number of thiophene rings is 1. The van der Waals surface area contributed by atoms with Crippen LogP contribution in [-0.4, -0.2) is 36.7 Å². The third kappa shape index (κ3) is 5.75. The van der Waals surface area contributed by atoms with E-state index in [-0.39, 0.29) is 24.0 Å². The van der Waals surface area contributed by atoms with Gasteiger partial charge in [0, 0.05) is 31.1 Å². The highest BCUT2D eigenvalue weighted by molar-refractivity contribution is 14.0. The van der Waals surface area contributed by atoms with Crippen molar-refractivity contribution in [2.45, 2.75) is 26.8 Å². The summed E-state index contributed by atoms with van der Waals surface area (Å²) in [6.45, 7) is 5.56. The molecule has 5 nitrogen and oxygen atoms in total. The maximum Gasteiger partial charge on any atom is 0.193 e. The molecule has 0 amide bonds. The molecular formula is C15H22BrIN4OS. The summed E-state index contributed by atoms with van der Waals surface area (Å²) in [5, 5.41) is 7.37. The van der Waals surface area contributed by atoms with Gasteiger partial charge in [-0.25, -0.2) is 0 Å². The number of hydrogen-bond acceptors (Lipinski definition) is 4. The first-order valence-corrected chi connectivity index (χ1v) is 8.70. The molecule has 2 rings (SSSR count). The number of rotatable bonds is 5. The topological polar surface area (TPSA) is 53.7 Å². The molecule has 0 saturated carbocycles. The number of aromatic nitrogens is 1. The van der Waals surface area contributed by atoms with Gasteiger partial charge in [-0.3, -0.25) is 4.99 Å². The van der Waals surface area contributed by atoms with Crippen molar-refractivity contribution in [3.63, 3.8) is 0 Å². The molecule has 2 heterocycles. The van der Waals surface area contributed by atoms with Crippen molar-refractivity contribution in [3.05, 3.63) is 37.8 Å². The Hall–Kier alpha value is -0.610. The Morgan fingerprint density at radius 2 is 2.17 bits per heavy atom. The van der Waals surface area contributed by atoms with Gasteiger partial charge in [-0.15, -0.1) is 35.3 Å². The Balaban J connectivity index is 0.00000264. The average Bonchev–Trinajstić information content (AvgIpc) is 3.02. The van der Waals surface area contributed by atoms with E-state index in [9.17, 15) is 0 Å². The molecule has 0 fully saturated rings. The molecule has 0 aliphatic heterocycles. The van der Waals surface area contributed by atoms with E-state index in [1.165, 1.54) is 10.4 Å². The first-order valence-electron chi connectivity index (χ1n) is 7.09. The number of hydrogen-bond donors (Lipinski definition) is 1. The molecule has 2 aromatic rings. The van der Waals surface area contributed by atoms with Crippen LogP contribution in [0.5, 0.6) is 0 Å². The second-order valence-electron chi connectivity index (χ2n) is 5.09. The highest BCUT2D eigenvalue weighted by atomic mass is 127. The number of nitrogens with one attached hydrogen (secondary N) is 1. The maximum atomic E-state index is 5.19. The second-order valence-corrected chi connectivity index (χ2v) is 7.64. The van der Waals surface area contributed by atoms with Gasteiger partial charge in [0.25, 0.3) is 0 Å². The van der Waals surface area contributed by atoms with Gasteiger partial charge in [0.05, 0.1) is 16.0 Å². The van der Waals surface area contributed by atoms with Crippen LogP contribution in [0, 0.1) is 13.8 Å². The van der Waals surface area contributed by atoms with Crippen LogP contribution in [0.3, 0.4) is 0 Å². The van der Waals surface area contributed by atoms with E-state index in [2.05, 4.69) is 48.4 Å². The zero-order valence-corrected chi connectivity index (χ0v) is 18.5. The lowest BCUT2D eigenvalue weighted by atomic mass is 10.1. The summed E-state index contributed by atoms with van der Waals surface area (Å²) in [5.74, 6) is 1.78. The van der Waals surface area contributed by atoms with Crippen molar-refractivity contribution in [3.8, 4) is 0 Å². The minimum atomic E-state index is 0. The monoisotopic (exact) mass is 512 g/mol. The largest absolute Gasteiger partial charge is 0.361 e. The fraction of sp³-hybridized carbons (Fsp3) is 0.467. The van der Waals surface area contributed by atoms with Gasteiger partial charge in [0.15, 0.2) is 5.96 Å². The molecule has 2 aromatic heterocycles. The highest BCUT2D eigenvalue weighted by Gasteiger charge is 2.11. The van der Waals surface area contributed by atoms with E-state index in [0.717, 1.165) is 40.7 Å². The molecule has 23 heavy (non-hydrogen) atoms. The Bertz CT molecular complexity index is 636. The normalized spacial score (nSPS) is 11.3. The van der Waals surface area contributed by atoms with Gasteiger partial charge < -0.3 is 14.7 Å². The molecule has 0 radical (unpaired) electrons. The van der Waals surface area contributed by atoms with Gasteiger partial charge >= 0.3 is 0 Å². The fourth-order valence-corrected chi connectivity index (χ4v) is 3.82. The molecule has 0 aliphatic rings. The fourth-order valence-electron chi connectivity index (χ4n) is 2.29. The van der Waals surface area contributed by atoms with Gasteiger partial charge in [0.2, 0.25) is 0 Å². The summed E-state index contributed by atoms with van der Waals surface area (Å²) in [6.07, 6.45) is 0.874. The van der Waals surface area contributed by atoms with Crippen molar-refractivity contribution in [2.24, 2.45) is 4.99 Å². The molecule has 0 spiro atoms. The minimum Gasteiger partial charge on any atom is -0.361 e. The highest BCUT2D eigenvalue weighted by Crippen LogP contribution is 2.23. The van der Waals surface area contributed by atoms with Crippen LogP contribution in [0.4, 0.5) is 0 Å². The smallest absolute Gasteiger partial charge is 0.193 e. The number of aliphatic imine (C=N–C) groups is 1. The summed E-state index contributed by atoms with van der Waals surface area (Å²) in [7, 11) is 3.85. The predicted molar refractivity (Wildman–Crippen MR) is 110 cm³/mol. The molecule has 8 heteroatoms. The zero-order valence-electron chi connectivity index (χ0n) is 13.7. The number of nitrogens with zero attached hydrogens (tertiary/aromatic N) is 3. The summed E-state index contributed by atoms with van der Waals surface area (Å²) >= 11 is 5.23. The van der Waals surface area contributed by atoms with Crippen molar-refractivity contribution in [1.29, 1.82) is 0 Å². The molecule has 0 aromatic carbocycles. The first-order chi connectivity index (χ1) is 10.5. The lowest BCUT2D eigenvalue weighted by molar-refractivity contribution is 0.392. The lowest BCUT2D eigenvalue weighted by Gasteiger charge is -2.21. The molecule has 0 aliphatic carbocycles. The number of aryl methyl sites for hydroxylation is 2.